The fourth-order valence-electron chi connectivity index (χ4n) is 2.79. The Labute approximate surface area is 165 Å². The summed E-state index contributed by atoms with van der Waals surface area (Å²) in [5.74, 6) is 1.35. The number of benzene rings is 2. The maximum Gasteiger partial charge on any atom is 0.244 e. The number of ether oxygens (including phenoxy) is 1. The van der Waals surface area contributed by atoms with Gasteiger partial charge in [-0.15, -0.1) is 0 Å². The Morgan fingerprint density at radius 1 is 1.21 bits per heavy atom. The molecule has 0 spiro atoms. The SMILES string of the molecule is C=CCOc1ccc(/C=C/C(=O)N[C@@H](c2ccccc2)c2nccn2C)cc1. The third-order valence-corrected chi connectivity index (χ3v) is 4.21. The number of nitrogens with zero attached hydrogens (tertiary/aromatic N) is 2. The Balaban J connectivity index is 1.71. The molecular formula is C23H23N3O2. The number of hydrogen-bond acceptors (Lipinski definition) is 3. The zero-order chi connectivity index (χ0) is 19.8. The molecule has 5 heteroatoms. The van der Waals surface area contributed by atoms with Gasteiger partial charge in [0.25, 0.3) is 0 Å². The quantitative estimate of drug-likeness (QED) is 0.481. The van der Waals surface area contributed by atoms with E-state index < -0.39 is 0 Å². The molecule has 0 saturated heterocycles. The molecule has 1 amide bonds. The molecule has 0 unspecified atom stereocenters. The van der Waals surface area contributed by atoms with E-state index in [0.29, 0.717) is 6.61 Å². The van der Waals surface area contributed by atoms with Gasteiger partial charge in [-0.2, -0.15) is 0 Å². The molecule has 0 aliphatic heterocycles. The van der Waals surface area contributed by atoms with E-state index in [2.05, 4.69) is 16.9 Å². The fourth-order valence-corrected chi connectivity index (χ4v) is 2.79. The number of aromatic nitrogens is 2. The minimum atomic E-state index is -0.326. The highest BCUT2D eigenvalue weighted by atomic mass is 16.5. The van der Waals surface area contributed by atoms with Crippen molar-refractivity contribution in [3.05, 3.63) is 103 Å². The lowest BCUT2D eigenvalue weighted by atomic mass is 10.1. The Hall–Kier alpha value is -3.60. The molecular weight excluding hydrogens is 350 g/mol. The van der Waals surface area contributed by atoms with Crippen LogP contribution in [0, 0.1) is 0 Å². The fraction of sp³-hybridized carbons (Fsp3) is 0.130. The first-order valence-corrected chi connectivity index (χ1v) is 9.02. The number of hydrogen-bond donors (Lipinski definition) is 1. The predicted molar refractivity (Wildman–Crippen MR) is 111 cm³/mol. The van der Waals surface area contributed by atoms with Gasteiger partial charge >= 0.3 is 0 Å². The summed E-state index contributed by atoms with van der Waals surface area (Å²) in [4.78, 5) is 16.9. The molecule has 0 aliphatic carbocycles. The molecule has 1 aromatic heterocycles. The van der Waals surface area contributed by atoms with Crippen molar-refractivity contribution in [2.24, 2.45) is 7.05 Å². The molecule has 0 aliphatic rings. The Morgan fingerprint density at radius 3 is 2.61 bits per heavy atom. The molecule has 1 atom stereocenters. The van der Waals surface area contributed by atoms with Crippen molar-refractivity contribution in [3.63, 3.8) is 0 Å². The van der Waals surface area contributed by atoms with Crippen LogP contribution in [-0.4, -0.2) is 22.1 Å². The lowest BCUT2D eigenvalue weighted by Crippen LogP contribution is -2.29. The van der Waals surface area contributed by atoms with Gasteiger partial charge < -0.3 is 14.6 Å². The summed E-state index contributed by atoms with van der Waals surface area (Å²) in [6.45, 7) is 4.09. The van der Waals surface area contributed by atoms with Crippen molar-refractivity contribution in [1.82, 2.24) is 14.9 Å². The van der Waals surface area contributed by atoms with Crippen LogP contribution in [0.5, 0.6) is 5.75 Å². The summed E-state index contributed by atoms with van der Waals surface area (Å²) in [7, 11) is 1.91. The van der Waals surface area contributed by atoms with E-state index >= 15 is 0 Å². The maximum absolute atomic E-state index is 12.5. The van der Waals surface area contributed by atoms with Crippen LogP contribution >= 0.6 is 0 Å². The van der Waals surface area contributed by atoms with E-state index in [9.17, 15) is 4.79 Å². The van der Waals surface area contributed by atoms with Crippen LogP contribution in [0.15, 0.2) is 85.7 Å². The van der Waals surface area contributed by atoms with Gasteiger partial charge in [0.2, 0.25) is 5.91 Å². The van der Waals surface area contributed by atoms with E-state index in [1.54, 1.807) is 18.3 Å². The van der Waals surface area contributed by atoms with Gasteiger partial charge in [-0.05, 0) is 29.3 Å². The zero-order valence-corrected chi connectivity index (χ0v) is 15.8. The molecule has 3 rings (SSSR count). The second-order valence-corrected chi connectivity index (χ2v) is 6.25. The third kappa shape index (κ3) is 4.98. The van der Waals surface area contributed by atoms with Crippen molar-refractivity contribution >= 4 is 12.0 Å². The van der Waals surface area contributed by atoms with Crippen LogP contribution in [0.3, 0.4) is 0 Å². The number of amides is 1. The summed E-state index contributed by atoms with van der Waals surface area (Å²) in [5.41, 5.74) is 1.89. The van der Waals surface area contributed by atoms with Gasteiger partial charge in [-0.3, -0.25) is 4.79 Å². The average Bonchev–Trinajstić information content (AvgIpc) is 3.16. The zero-order valence-electron chi connectivity index (χ0n) is 15.8. The maximum atomic E-state index is 12.5. The van der Waals surface area contributed by atoms with Gasteiger partial charge in [0.05, 0.1) is 0 Å². The second-order valence-electron chi connectivity index (χ2n) is 6.25. The molecule has 0 bridgehead atoms. The van der Waals surface area contributed by atoms with Crippen molar-refractivity contribution in [2.75, 3.05) is 6.61 Å². The number of nitrogens with one attached hydrogen (secondary N) is 1. The Kier molecular flexibility index (Phi) is 6.41. The van der Waals surface area contributed by atoms with Gasteiger partial charge in [-0.25, -0.2) is 4.98 Å². The van der Waals surface area contributed by atoms with E-state index in [4.69, 9.17) is 4.74 Å². The molecule has 1 heterocycles. The number of carbonyl (C=O) groups is 1. The van der Waals surface area contributed by atoms with Gasteiger partial charge in [-0.1, -0.05) is 55.1 Å². The monoisotopic (exact) mass is 373 g/mol. The van der Waals surface area contributed by atoms with Crippen LogP contribution < -0.4 is 10.1 Å². The molecule has 28 heavy (non-hydrogen) atoms. The van der Waals surface area contributed by atoms with Gasteiger partial charge in [0, 0.05) is 25.5 Å². The first kappa shape index (κ1) is 19.2. The van der Waals surface area contributed by atoms with E-state index in [0.717, 1.165) is 22.7 Å². The number of carbonyl (C=O) groups excluding carboxylic acids is 1. The molecule has 2 aromatic carbocycles. The van der Waals surface area contributed by atoms with E-state index in [1.807, 2.05) is 72.4 Å². The smallest absolute Gasteiger partial charge is 0.244 e. The highest BCUT2D eigenvalue weighted by Crippen LogP contribution is 2.20. The first-order chi connectivity index (χ1) is 13.7. The highest BCUT2D eigenvalue weighted by molar-refractivity contribution is 5.92. The summed E-state index contributed by atoms with van der Waals surface area (Å²) < 4.78 is 7.37. The molecule has 3 aromatic rings. The molecule has 0 radical (unpaired) electrons. The minimum absolute atomic E-state index is 0.191. The molecule has 142 valence electrons. The summed E-state index contributed by atoms with van der Waals surface area (Å²) in [5, 5.41) is 3.04. The largest absolute Gasteiger partial charge is 0.490 e. The van der Waals surface area contributed by atoms with Crippen molar-refractivity contribution in [3.8, 4) is 5.75 Å². The second kappa shape index (κ2) is 9.37. The van der Waals surface area contributed by atoms with Crippen molar-refractivity contribution in [1.29, 1.82) is 0 Å². The Bertz CT molecular complexity index is 943. The van der Waals surface area contributed by atoms with Crippen LogP contribution in [0.1, 0.15) is 23.0 Å². The molecule has 1 N–H and O–H groups in total. The van der Waals surface area contributed by atoms with Gasteiger partial charge in [0.1, 0.15) is 24.2 Å². The lowest BCUT2D eigenvalue weighted by molar-refractivity contribution is -0.117. The van der Waals surface area contributed by atoms with Crippen LogP contribution in [0.2, 0.25) is 0 Å². The predicted octanol–water partition coefficient (Wildman–Crippen LogP) is 3.90. The topological polar surface area (TPSA) is 56.1 Å². The van der Waals surface area contributed by atoms with Crippen LogP contribution in [-0.2, 0) is 11.8 Å². The van der Waals surface area contributed by atoms with Crippen molar-refractivity contribution < 1.29 is 9.53 Å². The summed E-state index contributed by atoms with van der Waals surface area (Å²) >= 11 is 0. The molecule has 0 fully saturated rings. The Morgan fingerprint density at radius 2 is 1.96 bits per heavy atom. The van der Waals surface area contributed by atoms with Crippen LogP contribution in [0.25, 0.3) is 6.08 Å². The lowest BCUT2D eigenvalue weighted by Gasteiger charge is -2.18. The first-order valence-electron chi connectivity index (χ1n) is 9.02. The third-order valence-electron chi connectivity index (χ3n) is 4.21. The molecule has 0 saturated carbocycles. The minimum Gasteiger partial charge on any atom is -0.490 e. The summed E-state index contributed by atoms with van der Waals surface area (Å²) in [6, 6.07) is 17.0. The average molecular weight is 373 g/mol. The number of aryl methyl sites for hydroxylation is 1. The van der Waals surface area contributed by atoms with E-state index in [-0.39, 0.29) is 11.9 Å². The highest BCUT2D eigenvalue weighted by Gasteiger charge is 2.19. The van der Waals surface area contributed by atoms with Crippen LogP contribution in [0.4, 0.5) is 0 Å². The normalized spacial score (nSPS) is 11.9. The van der Waals surface area contributed by atoms with E-state index in [1.165, 1.54) is 6.08 Å². The standard InChI is InChI=1S/C23H23N3O2/c1-3-17-28-20-12-9-18(10-13-20)11-14-21(27)25-22(19-7-5-4-6-8-19)23-24-15-16-26(23)2/h3-16,22H,1,17H2,2H3,(H,25,27)/b14-11+/t22-/m0/s1. The van der Waals surface area contributed by atoms with Gasteiger partial charge in [0.15, 0.2) is 0 Å². The van der Waals surface area contributed by atoms with Crippen molar-refractivity contribution in [2.45, 2.75) is 6.04 Å². The number of rotatable bonds is 8. The molecule has 5 nitrogen and oxygen atoms in total. The summed E-state index contributed by atoms with van der Waals surface area (Å²) in [6.07, 6.45) is 8.58. The number of imidazole rings is 1.